The van der Waals surface area contributed by atoms with E-state index >= 15 is 0 Å². The van der Waals surface area contributed by atoms with Gasteiger partial charge in [-0.15, -0.1) is 0 Å². The van der Waals surface area contributed by atoms with Gasteiger partial charge in [-0.25, -0.2) is 10.9 Å². The lowest BCUT2D eigenvalue weighted by Crippen LogP contribution is -2.57. The van der Waals surface area contributed by atoms with E-state index in [4.69, 9.17) is 10.6 Å². The zero-order valence-electron chi connectivity index (χ0n) is 19.2. The molecule has 3 amide bonds. The number of likely N-dealkylation sites (tertiary alicyclic amines) is 1. The molecule has 2 aromatic carbocycles. The maximum absolute atomic E-state index is 13.0. The second kappa shape index (κ2) is 9.56. The molecule has 0 spiro atoms. The third-order valence-electron chi connectivity index (χ3n) is 7.02. The minimum atomic E-state index is -0.733. The van der Waals surface area contributed by atoms with Crippen LogP contribution in [0.4, 0.5) is 0 Å². The van der Waals surface area contributed by atoms with Crippen LogP contribution in [0.3, 0.4) is 0 Å². The molecule has 1 unspecified atom stereocenters. The van der Waals surface area contributed by atoms with Crippen molar-refractivity contribution < 1.29 is 19.1 Å². The van der Waals surface area contributed by atoms with Crippen LogP contribution in [0.2, 0.25) is 0 Å². The highest BCUT2D eigenvalue weighted by molar-refractivity contribution is 6.05. The summed E-state index contributed by atoms with van der Waals surface area (Å²) in [6.45, 7) is 3.98. The van der Waals surface area contributed by atoms with E-state index < -0.39 is 17.9 Å². The van der Waals surface area contributed by atoms with Crippen molar-refractivity contribution in [2.45, 2.75) is 57.8 Å². The number of hydrazine groups is 1. The highest BCUT2D eigenvalue weighted by Crippen LogP contribution is 2.34. The number of rotatable bonds is 6. The first-order chi connectivity index (χ1) is 16.5. The summed E-state index contributed by atoms with van der Waals surface area (Å²) in [6.07, 6.45) is 4.33. The number of fused-ring (bicyclic) bond motifs is 1. The molecule has 1 atom stereocenters. The van der Waals surface area contributed by atoms with Crippen LogP contribution in [-0.2, 0) is 29.3 Å². The van der Waals surface area contributed by atoms with Gasteiger partial charge in [0.2, 0.25) is 5.91 Å². The molecule has 2 fully saturated rings. The van der Waals surface area contributed by atoms with Crippen LogP contribution in [0.25, 0.3) is 0 Å². The van der Waals surface area contributed by atoms with Crippen molar-refractivity contribution in [3.05, 3.63) is 64.7 Å². The standard InChI is InChI=1S/C26H30N4O4/c27-30-24(31)12-11-22(26(30)33)29-16-21-20(25(29)32)5-4-6-23(21)34-17-19-9-7-18(8-10-19)15-28-13-2-1-3-14-28/h4-10,22H,1-3,11-17,27H2. The molecule has 3 aliphatic heterocycles. The molecule has 5 rings (SSSR count). The molecule has 2 N–H and O–H groups in total. The predicted octanol–water partition coefficient (Wildman–Crippen LogP) is 2.60. The number of nitrogens with zero attached hydrogens (tertiary/aromatic N) is 3. The lowest BCUT2D eigenvalue weighted by molar-refractivity contribution is -0.152. The quantitative estimate of drug-likeness (QED) is 0.403. The molecule has 0 radical (unpaired) electrons. The summed E-state index contributed by atoms with van der Waals surface area (Å²) in [4.78, 5) is 41.3. The normalized spacial score (nSPS) is 21.2. The maximum atomic E-state index is 13.0. The number of nitrogens with two attached hydrogens (primary N) is 1. The Morgan fingerprint density at radius 2 is 1.68 bits per heavy atom. The van der Waals surface area contributed by atoms with Gasteiger partial charge in [0, 0.05) is 24.1 Å². The maximum Gasteiger partial charge on any atom is 0.266 e. The first-order valence-electron chi connectivity index (χ1n) is 12.0. The molecule has 0 bridgehead atoms. The fourth-order valence-corrected chi connectivity index (χ4v) is 5.07. The van der Waals surface area contributed by atoms with E-state index in [-0.39, 0.29) is 25.3 Å². The van der Waals surface area contributed by atoms with Crippen molar-refractivity contribution in [1.29, 1.82) is 0 Å². The number of imide groups is 1. The van der Waals surface area contributed by atoms with E-state index in [1.54, 1.807) is 12.1 Å². The molecule has 178 valence electrons. The third-order valence-corrected chi connectivity index (χ3v) is 7.02. The van der Waals surface area contributed by atoms with Crippen LogP contribution in [0.1, 0.15) is 59.2 Å². The van der Waals surface area contributed by atoms with Gasteiger partial charge in [0.05, 0.1) is 6.54 Å². The molecule has 0 aliphatic carbocycles. The molecule has 3 aliphatic rings. The number of amides is 3. The van der Waals surface area contributed by atoms with Crippen LogP contribution in [0, 0.1) is 0 Å². The van der Waals surface area contributed by atoms with Crippen molar-refractivity contribution in [2.75, 3.05) is 13.1 Å². The van der Waals surface area contributed by atoms with Crippen molar-refractivity contribution in [1.82, 2.24) is 14.8 Å². The molecule has 2 aromatic rings. The Hall–Kier alpha value is -3.23. The number of hydrogen-bond acceptors (Lipinski definition) is 6. The van der Waals surface area contributed by atoms with Crippen LogP contribution < -0.4 is 10.6 Å². The van der Waals surface area contributed by atoms with Crippen molar-refractivity contribution in [3.8, 4) is 5.75 Å². The molecular weight excluding hydrogens is 432 g/mol. The molecule has 34 heavy (non-hydrogen) atoms. The second-order valence-electron chi connectivity index (χ2n) is 9.31. The van der Waals surface area contributed by atoms with Crippen molar-refractivity contribution in [2.24, 2.45) is 5.84 Å². The Labute approximate surface area is 199 Å². The minimum absolute atomic E-state index is 0.143. The Balaban J connectivity index is 1.24. The van der Waals surface area contributed by atoms with Crippen LogP contribution in [0.15, 0.2) is 42.5 Å². The van der Waals surface area contributed by atoms with Crippen molar-refractivity contribution in [3.63, 3.8) is 0 Å². The average molecular weight is 463 g/mol. The molecular formula is C26H30N4O4. The highest BCUT2D eigenvalue weighted by Gasteiger charge is 2.42. The number of ether oxygens (including phenoxy) is 1. The molecule has 8 heteroatoms. The highest BCUT2D eigenvalue weighted by atomic mass is 16.5. The summed E-state index contributed by atoms with van der Waals surface area (Å²) in [6, 6.07) is 13.1. The fraction of sp³-hybridized carbons (Fsp3) is 0.423. The second-order valence-corrected chi connectivity index (χ2v) is 9.31. The molecule has 0 saturated carbocycles. The van der Waals surface area contributed by atoms with E-state index in [0.29, 0.717) is 22.9 Å². The van der Waals surface area contributed by atoms with Gasteiger partial charge in [0.25, 0.3) is 11.8 Å². The van der Waals surface area contributed by atoms with E-state index in [1.807, 2.05) is 6.07 Å². The summed E-state index contributed by atoms with van der Waals surface area (Å²) in [7, 11) is 0. The SMILES string of the molecule is NN1C(=O)CCC(N2Cc3c(OCc4ccc(CN5CCCCC5)cc4)cccc3C2=O)C1=O. The zero-order chi connectivity index (χ0) is 23.7. The van der Waals surface area contributed by atoms with Crippen LogP contribution in [-0.4, -0.2) is 51.7 Å². The van der Waals surface area contributed by atoms with Gasteiger partial charge >= 0.3 is 0 Å². The Bertz CT molecular complexity index is 1090. The van der Waals surface area contributed by atoms with Gasteiger partial charge in [-0.2, -0.15) is 0 Å². The Morgan fingerprint density at radius 1 is 0.941 bits per heavy atom. The Morgan fingerprint density at radius 3 is 2.44 bits per heavy atom. The zero-order valence-corrected chi connectivity index (χ0v) is 19.2. The van der Waals surface area contributed by atoms with Gasteiger partial charge in [-0.05, 0) is 55.6 Å². The third kappa shape index (κ3) is 4.43. The summed E-state index contributed by atoms with van der Waals surface area (Å²) in [5.74, 6) is 5.05. The van der Waals surface area contributed by atoms with Gasteiger partial charge in [0.15, 0.2) is 0 Å². The minimum Gasteiger partial charge on any atom is -0.489 e. The van der Waals surface area contributed by atoms with E-state index in [0.717, 1.165) is 17.7 Å². The van der Waals surface area contributed by atoms with Crippen molar-refractivity contribution >= 4 is 17.7 Å². The summed E-state index contributed by atoms with van der Waals surface area (Å²) < 4.78 is 6.11. The predicted molar refractivity (Wildman–Crippen MR) is 125 cm³/mol. The van der Waals surface area contributed by atoms with Gasteiger partial charge in [-0.3, -0.25) is 19.3 Å². The molecule has 3 heterocycles. The van der Waals surface area contributed by atoms with E-state index in [1.165, 1.54) is 42.8 Å². The average Bonchev–Trinajstić information content (AvgIpc) is 3.20. The molecule has 8 nitrogen and oxygen atoms in total. The number of hydrogen-bond donors (Lipinski definition) is 1. The van der Waals surface area contributed by atoms with Gasteiger partial charge in [0.1, 0.15) is 18.4 Å². The topological polar surface area (TPSA) is 96.2 Å². The van der Waals surface area contributed by atoms with E-state index in [2.05, 4.69) is 29.2 Å². The molecule has 0 aromatic heterocycles. The lowest BCUT2D eigenvalue weighted by atomic mass is 10.0. The molecule has 2 saturated heterocycles. The lowest BCUT2D eigenvalue weighted by Gasteiger charge is -2.33. The Kier molecular flexibility index (Phi) is 6.34. The smallest absolute Gasteiger partial charge is 0.266 e. The monoisotopic (exact) mass is 462 g/mol. The first-order valence-corrected chi connectivity index (χ1v) is 12.0. The number of carbonyl (C=O) groups is 3. The van der Waals surface area contributed by atoms with E-state index in [9.17, 15) is 14.4 Å². The number of carbonyl (C=O) groups excluding carboxylic acids is 3. The first kappa shape index (κ1) is 22.6. The van der Waals surface area contributed by atoms with Crippen LogP contribution in [0.5, 0.6) is 5.75 Å². The number of benzene rings is 2. The fourth-order valence-electron chi connectivity index (χ4n) is 5.07. The summed E-state index contributed by atoms with van der Waals surface area (Å²) in [5.41, 5.74) is 3.66. The summed E-state index contributed by atoms with van der Waals surface area (Å²) in [5, 5.41) is 0.636. The summed E-state index contributed by atoms with van der Waals surface area (Å²) >= 11 is 0. The van der Waals surface area contributed by atoms with Crippen LogP contribution >= 0.6 is 0 Å². The van der Waals surface area contributed by atoms with Gasteiger partial charge in [-0.1, -0.05) is 36.8 Å². The van der Waals surface area contributed by atoms with Gasteiger partial charge < -0.3 is 9.64 Å². The largest absolute Gasteiger partial charge is 0.489 e. The number of piperidine rings is 2.